The standard InChI is InChI=1S/Li.Mn.2H3O4P.H6P/c;;2*1-5(2,3)4;/h;;2*(H3,1,2,3,4);1H6/q+1;+2;;;+3/p-6. The first-order valence-electron chi connectivity index (χ1n) is 1.46. The van der Waals surface area contributed by atoms with Crippen LogP contribution in [0, 0.1) is 0 Å². The van der Waals surface area contributed by atoms with Gasteiger partial charge in [0.25, 0.3) is 0 Å². The van der Waals surface area contributed by atoms with Crippen molar-refractivity contribution in [3.8, 4) is 0 Å². The molecule has 8 nitrogen and oxygen atoms in total. The van der Waals surface area contributed by atoms with Crippen LogP contribution < -0.4 is 48.2 Å². The van der Waals surface area contributed by atoms with Crippen molar-refractivity contribution in [2.24, 2.45) is 0 Å². The second-order valence-electron chi connectivity index (χ2n) is 0.894. The maximum atomic E-state index is 8.55. The summed E-state index contributed by atoms with van der Waals surface area (Å²) in [7, 11) is -10.8. The van der Waals surface area contributed by atoms with Gasteiger partial charge in [-0.05, 0) is 0 Å². The van der Waals surface area contributed by atoms with Crippen molar-refractivity contribution in [1.82, 2.24) is 0 Å². The average Bonchev–Trinajstić information content (AvgIpc) is 1.12. The van der Waals surface area contributed by atoms with Gasteiger partial charge in [0.2, 0.25) is 0 Å². The van der Waals surface area contributed by atoms with Crippen LogP contribution in [0.2, 0.25) is 0 Å². The van der Waals surface area contributed by atoms with Crippen molar-refractivity contribution in [2.45, 2.75) is 0 Å². The average molecular weight is 289 g/mol. The van der Waals surface area contributed by atoms with Gasteiger partial charge in [0.1, 0.15) is 0 Å². The second kappa shape index (κ2) is 11.8. The Morgan fingerprint density at radius 1 is 0.692 bits per heavy atom. The molecule has 0 fully saturated rings. The van der Waals surface area contributed by atoms with Gasteiger partial charge in [-0.15, -0.1) is 0 Å². The first kappa shape index (κ1) is 29.3. The molecule has 13 heteroatoms. The molecule has 1 radical (unpaired) electrons. The fourth-order valence-corrected chi connectivity index (χ4v) is 0. The van der Waals surface area contributed by atoms with Crippen LogP contribution >= 0.6 is 25.5 Å². The van der Waals surface area contributed by atoms with E-state index >= 15 is 0 Å². The molecule has 0 spiro atoms. The van der Waals surface area contributed by atoms with Gasteiger partial charge in [-0.3, -0.25) is 9.90 Å². The molecule has 0 N–H and O–H groups in total. The SMILES string of the molecule is O=P([O-])([O-])[O-].O=P([O-])([O-])[O-].[Li+].[Mn+2].[PH6+3]. The van der Waals surface area contributed by atoms with Crippen molar-refractivity contribution in [1.29, 1.82) is 0 Å². The summed E-state index contributed by atoms with van der Waals surface area (Å²) in [5, 5.41) is 0. The summed E-state index contributed by atoms with van der Waals surface area (Å²) in [6.45, 7) is 0. The van der Waals surface area contributed by atoms with E-state index in [0.29, 0.717) is 0 Å². The van der Waals surface area contributed by atoms with Crippen molar-refractivity contribution in [3.05, 3.63) is 0 Å². The molecule has 0 atom stereocenters. The Balaban J connectivity index is -0.0000000267. The number of phosphoric acid groups is 2. The monoisotopic (exact) mass is 289 g/mol. The molecule has 0 heterocycles. The van der Waals surface area contributed by atoms with Crippen LogP contribution in [0.5, 0.6) is 0 Å². The Bertz CT molecular complexity index is 132. The molecule has 0 aromatic rings. The van der Waals surface area contributed by atoms with Crippen LogP contribution in [0.25, 0.3) is 0 Å². The summed E-state index contributed by atoms with van der Waals surface area (Å²) in [6.07, 6.45) is 0. The molecular formula is H6LiMnO8P3. The predicted molar refractivity (Wildman–Crippen MR) is 30.5 cm³/mol. The minimum atomic E-state index is -5.39. The maximum Gasteiger partial charge on any atom is 2.00 e. The molecule has 0 rings (SSSR count). The van der Waals surface area contributed by atoms with E-state index in [4.69, 9.17) is 38.5 Å². The van der Waals surface area contributed by atoms with Gasteiger partial charge in [-0.2, -0.15) is 15.6 Å². The molecule has 0 aromatic heterocycles. The van der Waals surface area contributed by atoms with Gasteiger partial charge in [0.05, 0.1) is 0 Å². The summed E-state index contributed by atoms with van der Waals surface area (Å²) in [4.78, 5) is 51.3. The van der Waals surface area contributed by atoms with E-state index in [2.05, 4.69) is 0 Å². The number of hydrogen-bond acceptors (Lipinski definition) is 8. The summed E-state index contributed by atoms with van der Waals surface area (Å²) >= 11 is 0. The Morgan fingerprint density at radius 3 is 0.692 bits per heavy atom. The quantitative estimate of drug-likeness (QED) is 0.312. The third-order valence-corrected chi connectivity index (χ3v) is 0. The van der Waals surface area contributed by atoms with Crippen LogP contribution in [0.15, 0.2) is 0 Å². The molecule has 13 heavy (non-hydrogen) atoms. The van der Waals surface area contributed by atoms with E-state index in [1.54, 1.807) is 0 Å². The first-order valence-corrected chi connectivity index (χ1v) is 4.38. The molecule has 0 unspecified atom stereocenters. The Hall–Kier alpha value is 1.77. The number of hydrogen-bond donors (Lipinski definition) is 0. The predicted octanol–water partition coefficient (Wildman–Crippen LogP) is -9.39. The third-order valence-electron chi connectivity index (χ3n) is 0. The molecule has 77 valence electrons. The number of rotatable bonds is 0. The molecule has 0 aliphatic rings. The minimum absolute atomic E-state index is 0. The first-order chi connectivity index (χ1) is 4.00. The molecule has 0 saturated carbocycles. The molecule has 0 aliphatic heterocycles. The van der Waals surface area contributed by atoms with Crippen LogP contribution in [0.4, 0.5) is 0 Å². The third kappa shape index (κ3) is 611. The van der Waals surface area contributed by atoms with Gasteiger partial charge >= 0.3 is 35.9 Å². The summed E-state index contributed by atoms with van der Waals surface area (Å²) in [5.41, 5.74) is 0. The van der Waals surface area contributed by atoms with Crippen LogP contribution in [-0.4, -0.2) is 0 Å². The van der Waals surface area contributed by atoms with E-state index in [-0.39, 0.29) is 45.8 Å². The van der Waals surface area contributed by atoms with E-state index in [0.717, 1.165) is 0 Å². The Kier molecular flexibility index (Phi) is 26.7. The molecular weight excluding hydrogens is 283 g/mol. The zero-order chi connectivity index (χ0) is 9.00. The molecule has 0 saturated heterocycles. The molecule has 0 aliphatic carbocycles. The van der Waals surface area contributed by atoms with Crippen LogP contribution in [0.3, 0.4) is 0 Å². The van der Waals surface area contributed by atoms with Gasteiger partial charge in [0.15, 0.2) is 0 Å². The fourth-order valence-electron chi connectivity index (χ4n) is 0. The summed E-state index contributed by atoms with van der Waals surface area (Å²) in [6, 6.07) is 0. The van der Waals surface area contributed by atoms with E-state index < -0.39 is 15.6 Å². The zero-order valence-electron chi connectivity index (χ0n) is 5.54. The second-order valence-corrected chi connectivity index (χ2v) is 2.68. The Morgan fingerprint density at radius 2 is 0.692 bits per heavy atom. The van der Waals surface area contributed by atoms with Crippen molar-refractivity contribution in [2.75, 3.05) is 0 Å². The van der Waals surface area contributed by atoms with E-state index in [1.807, 2.05) is 0 Å². The molecule has 0 amide bonds. The fraction of sp³-hybridized carbons (Fsp3) is 0. The largest absolute Gasteiger partial charge is 2.00 e. The van der Waals surface area contributed by atoms with Gasteiger partial charge in [-0.1, -0.05) is 0 Å². The van der Waals surface area contributed by atoms with Crippen molar-refractivity contribution < 1.29 is 74.4 Å². The minimum Gasteiger partial charge on any atom is -0.822 e. The topological polar surface area (TPSA) is 172 Å². The Labute approximate surface area is 99.9 Å². The molecule has 0 bridgehead atoms. The smallest absolute Gasteiger partial charge is 0.822 e. The van der Waals surface area contributed by atoms with E-state index in [9.17, 15) is 0 Å². The molecule has 0 aromatic carbocycles. The summed E-state index contributed by atoms with van der Waals surface area (Å²) in [5.74, 6) is 0. The van der Waals surface area contributed by atoms with Crippen molar-refractivity contribution in [3.63, 3.8) is 0 Å². The van der Waals surface area contributed by atoms with Gasteiger partial charge < -0.3 is 38.5 Å². The van der Waals surface area contributed by atoms with Gasteiger partial charge in [-0.25, -0.2) is 0 Å². The van der Waals surface area contributed by atoms with Crippen LogP contribution in [-0.2, 0) is 26.2 Å². The van der Waals surface area contributed by atoms with Crippen LogP contribution in [0.1, 0.15) is 0 Å². The maximum absolute atomic E-state index is 8.55. The van der Waals surface area contributed by atoms with Crippen molar-refractivity contribution >= 4 is 25.5 Å². The zero-order valence-corrected chi connectivity index (χ0v) is 8.51. The summed E-state index contributed by atoms with van der Waals surface area (Å²) < 4.78 is 17.1. The van der Waals surface area contributed by atoms with Gasteiger partial charge in [0, 0.05) is 0 Å². The normalized spacial score (nSPS) is 9.08. The van der Waals surface area contributed by atoms with E-state index in [1.165, 1.54) is 0 Å².